The van der Waals surface area contributed by atoms with Gasteiger partial charge in [0.1, 0.15) is 5.60 Å². The molecule has 0 bridgehead atoms. The molecule has 0 aromatic heterocycles. The molecule has 0 radical (unpaired) electrons. The lowest BCUT2D eigenvalue weighted by atomic mass is 9.78. The van der Waals surface area contributed by atoms with E-state index in [0.717, 1.165) is 12.1 Å². The number of hydrogen-bond donors (Lipinski definition) is 1. The normalized spacial score (nSPS) is 22.6. The van der Waals surface area contributed by atoms with Crippen molar-refractivity contribution in [2.75, 3.05) is 13.1 Å². The van der Waals surface area contributed by atoms with Crippen molar-refractivity contribution in [2.24, 2.45) is 0 Å². The van der Waals surface area contributed by atoms with Crippen LogP contribution >= 0.6 is 0 Å². The minimum Gasteiger partial charge on any atom is -0.444 e. The predicted molar refractivity (Wildman–Crippen MR) is 128 cm³/mol. The number of carbonyl (C=O) groups is 1. The van der Waals surface area contributed by atoms with Crippen LogP contribution in [-0.2, 0) is 30.2 Å². The van der Waals surface area contributed by atoms with Gasteiger partial charge in [0.2, 0.25) is 10.0 Å². The van der Waals surface area contributed by atoms with Gasteiger partial charge in [0.15, 0.2) is 0 Å². The number of nitrogens with one attached hydrogen (secondary N) is 1. The topological polar surface area (TPSA) is 94.2 Å². The highest BCUT2D eigenvalue weighted by Crippen LogP contribution is 2.37. The summed E-state index contributed by atoms with van der Waals surface area (Å²) in [6, 6.07) is 1.87. The lowest BCUT2D eigenvalue weighted by Gasteiger charge is -2.34. The molecule has 202 valence electrons. The van der Waals surface area contributed by atoms with Crippen LogP contribution in [-0.4, -0.2) is 62.5 Å². The molecular formula is C23H34BF3N2O6S. The van der Waals surface area contributed by atoms with E-state index in [4.69, 9.17) is 14.0 Å². The molecule has 0 spiro atoms. The van der Waals surface area contributed by atoms with E-state index in [0.29, 0.717) is 25.5 Å². The number of piperidine rings is 1. The molecule has 1 aromatic carbocycles. The van der Waals surface area contributed by atoms with Gasteiger partial charge in [-0.2, -0.15) is 13.2 Å². The Morgan fingerprint density at radius 2 is 1.69 bits per heavy atom. The molecule has 8 nitrogen and oxygen atoms in total. The summed E-state index contributed by atoms with van der Waals surface area (Å²) in [6.45, 7) is 12.6. The first kappa shape index (κ1) is 28.7. The monoisotopic (exact) mass is 534 g/mol. The zero-order valence-corrected chi connectivity index (χ0v) is 22.5. The average Bonchev–Trinajstić information content (AvgIpc) is 2.93. The van der Waals surface area contributed by atoms with Crippen LogP contribution in [0.2, 0.25) is 0 Å². The van der Waals surface area contributed by atoms with Crippen molar-refractivity contribution >= 4 is 28.7 Å². The van der Waals surface area contributed by atoms with Crippen molar-refractivity contribution in [3.05, 3.63) is 23.8 Å². The lowest BCUT2D eigenvalue weighted by Crippen LogP contribution is -2.50. The standard InChI is InChI=1S/C23H34BF3N2O6S/c1-20(2,3)33-19(30)29-10-8-9-17(14-29)28-36(31,32)18-12-15(23(25,26)27)11-16(13-18)24-34-21(4,5)22(6,7)35-24/h11-13,17,28H,8-10,14H2,1-7H3/t17-/m0/s1. The maximum atomic E-state index is 13.7. The smallest absolute Gasteiger partial charge is 0.444 e. The molecule has 2 saturated heterocycles. The average molecular weight is 534 g/mol. The zero-order valence-electron chi connectivity index (χ0n) is 21.7. The Bertz CT molecular complexity index is 1090. The number of likely N-dealkylation sites (tertiary alicyclic amines) is 1. The van der Waals surface area contributed by atoms with Gasteiger partial charge >= 0.3 is 19.4 Å². The Hall–Kier alpha value is -1.83. The van der Waals surface area contributed by atoms with Crippen LogP contribution in [0.5, 0.6) is 0 Å². The molecule has 3 rings (SSSR count). The third kappa shape index (κ3) is 6.53. The number of hydrogen-bond acceptors (Lipinski definition) is 6. The van der Waals surface area contributed by atoms with Crippen LogP contribution in [0.15, 0.2) is 23.1 Å². The molecule has 1 amide bonds. The Balaban J connectivity index is 1.88. The molecule has 0 unspecified atom stereocenters. The van der Waals surface area contributed by atoms with Crippen molar-refractivity contribution in [3.8, 4) is 0 Å². The van der Waals surface area contributed by atoms with Gasteiger partial charge in [0.25, 0.3) is 0 Å². The fourth-order valence-corrected chi connectivity index (χ4v) is 5.25. The summed E-state index contributed by atoms with van der Waals surface area (Å²) < 4.78 is 87.1. The third-order valence-electron chi connectivity index (χ3n) is 6.49. The van der Waals surface area contributed by atoms with Crippen molar-refractivity contribution < 1.29 is 40.4 Å². The van der Waals surface area contributed by atoms with Crippen LogP contribution in [0.25, 0.3) is 0 Å². The van der Waals surface area contributed by atoms with Gasteiger partial charge in [0, 0.05) is 19.1 Å². The van der Waals surface area contributed by atoms with Gasteiger partial charge in [-0.3, -0.25) is 0 Å². The summed E-state index contributed by atoms with van der Waals surface area (Å²) in [4.78, 5) is 13.3. The molecule has 2 fully saturated rings. The van der Waals surface area contributed by atoms with E-state index in [1.807, 2.05) is 0 Å². The van der Waals surface area contributed by atoms with Crippen molar-refractivity contribution in [1.29, 1.82) is 0 Å². The summed E-state index contributed by atoms with van der Waals surface area (Å²) in [5.41, 5.74) is -3.55. The van der Waals surface area contributed by atoms with E-state index in [9.17, 15) is 26.4 Å². The van der Waals surface area contributed by atoms with E-state index in [1.165, 1.54) is 4.90 Å². The number of carbonyl (C=O) groups excluding carboxylic acids is 1. The van der Waals surface area contributed by atoms with Gasteiger partial charge in [-0.25, -0.2) is 17.9 Å². The third-order valence-corrected chi connectivity index (χ3v) is 7.99. The first-order valence-corrected chi connectivity index (χ1v) is 13.3. The fraction of sp³-hybridized carbons (Fsp3) is 0.696. The molecule has 2 aliphatic rings. The number of rotatable bonds is 4. The Labute approximate surface area is 211 Å². The Morgan fingerprint density at radius 3 is 2.22 bits per heavy atom. The van der Waals surface area contributed by atoms with Crippen LogP contribution < -0.4 is 10.2 Å². The van der Waals surface area contributed by atoms with Crippen LogP contribution in [0.4, 0.5) is 18.0 Å². The summed E-state index contributed by atoms with van der Waals surface area (Å²) in [5, 5.41) is 0. The van der Waals surface area contributed by atoms with E-state index in [-0.39, 0.29) is 12.0 Å². The van der Waals surface area contributed by atoms with Crippen LogP contribution in [0, 0.1) is 0 Å². The number of alkyl halides is 3. The van der Waals surface area contributed by atoms with E-state index in [1.54, 1.807) is 48.5 Å². The highest BCUT2D eigenvalue weighted by molar-refractivity contribution is 7.89. The Kier molecular flexibility index (Phi) is 7.57. The number of ether oxygens (including phenoxy) is 1. The number of amides is 1. The van der Waals surface area contributed by atoms with Gasteiger partial charge in [-0.1, -0.05) is 6.07 Å². The minimum atomic E-state index is -4.79. The minimum absolute atomic E-state index is 0.0389. The van der Waals surface area contributed by atoms with Gasteiger partial charge in [-0.15, -0.1) is 0 Å². The van der Waals surface area contributed by atoms with E-state index in [2.05, 4.69) is 4.72 Å². The highest BCUT2D eigenvalue weighted by Gasteiger charge is 2.52. The quantitative estimate of drug-likeness (QED) is 0.593. The molecule has 13 heteroatoms. The van der Waals surface area contributed by atoms with Gasteiger partial charge in [0.05, 0.1) is 21.7 Å². The van der Waals surface area contributed by atoms with Crippen molar-refractivity contribution in [3.63, 3.8) is 0 Å². The molecule has 2 aliphatic heterocycles. The number of benzene rings is 1. The maximum absolute atomic E-state index is 13.7. The van der Waals surface area contributed by atoms with Gasteiger partial charge in [-0.05, 0) is 78.9 Å². The molecule has 0 saturated carbocycles. The highest BCUT2D eigenvalue weighted by atomic mass is 32.2. The molecule has 36 heavy (non-hydrogen) atoms. The Morgan fingerprint density at radius 1 is 1.11 bits per heavy atom. The van der Waals surface area contributed by atoms with E-state index < -0.39 is 62.7 Å². The summed E-state index contributed by atoms with van der Waals surface area (Å²) in [6.07, 6.45) is -4.44. The zero-order chi connectivity index (χ0) is 27.3. The number of nitrogens with zero attached hydrogens (tertiary/aromatic N) is 1. The molecule has 1 atom stereocenters. The molecule has 0 aliphatic carbocycles. The summed E-state index contributed by atoms with van der Waals surface area (Å²) in [5.74, 6) is 0. The SMILES string of the molecule is CC(C)(C)OC(=O)N1CCC[C@H](NS(=O)(=O)c2cc(B3OC(C)(C)C(C)(C)O3)cc(C(F)(F)F)c2)C1. The van der Waals surface area contributed by atoms with Gasteiger partial charge < -0.3 is 18.9 Å². The first-order chi connectivity index (χ1) is 16.2. The van der Waals surface area contributed by atoms with Crippen LogP contribution in [0.1, 0.15) is 66.9 Å². The number of halogens is 3. The van der Waals surface area contributed by atoms with Crippen molar-refractivity contribution in [2.45, 2.75) is 95.2 Å². The second-order valence-corrected chi connectivity index (χ2v) is 13.0. The predicted octanol–water partition coefficient (Wildman–Crippen LogP) is 3.68. The summed E-state index contributed by atoms with van der Waals surface area (Å²) in [7, 11) is -5.55. The first-order valence-electron chi connectivity index (χ1n) is 11.8. The lowest BCUT2D eigenvalue weighted by molar-refractivity contribution is -0.137. The second-order valence-electron chi connectivity index (χ2n) is 11.3. The van der Waals surface area contributed by atoms with Crippen LogP contribution in [0.3, 0.4) is 0 Å². The van der Waals surface area contributed by atoms with Crippen molar-refractivity contribution in [1.82, 2.24) is 9.62 Å². The fourth-order valence-electron chi connectivity index (χ4n) is 3.91. The maximum Gasteiger partial charge on any atom is 0.494 e. The summed E-state index contributed by atoms with van der Waals surface area (Å²) >= 11 is 0. The second kappa shape index (κ2) is 9.48. The molecule has 1 aromatic rings. The number of sulfonamides is 1. The molecule has 2 heterocycles. The largest absolute Gasteiger partial charge is 0.494 e. The van der Waals surface area contributed by atoms with E-state index >= 15 is 0 Å². The molecular weight excluding hydrogens is 500 g/mol. The molecule has 1 N–H and O–H groups in total.